The average molecular weight is 350 g/mol. The number of carbonyl (C=O) groups excluding carboxylic acids is 1. The van der Waals surface area contributed by atoms with Crippen LogP contribution in [0, 0.1) is 0 Å². The molecule has 0 aliphatic carbocycles. The zero-order chi connectivity index (χ0) is 18.4. The normalized spacial score (nSPS) is 10.3. The van der Waals surface area contributed by atoms with Crippen molar-refractivity contribution in [3.63, 3.8) is 0 Å². The summed E-state index contributed by atoms with van der Waals surface area (Å²) in [6.07, 6.45) is 1.34. The van der Waals surface area contributed by atoms with Crippen LogP contribution in [0.1, 0.15) is 21.6 Å². The standard InChI is InChI=1S/C20H18N2O4/c21-20(24)17-11-18(23)19(25-13-15-7-3-1-4-8-15)12-22(17)26-14-16-9-5-2-6-10-16/h1-12H,13-14H2,(H2,21,24). The number of nitrogens with two attached hydrogens (primary N) is 1. The lowest BCUT2D eigenvalue weighted by atomic mass is 10.2. The van der Waals surface area contributed by atoms with E-state index in [2.05, 4.69) is 0 Å². The maximum Gasteiger partial charge on any atom is 0.268 e. The van der Waals surface area contributed by atoms with E-state index in [1.165, 1.54) is 10.9 Å². The van der Waals surface area contributed by atoms with Crippen molar-refractivity contribution in [1.29, 1.82) is 0 Å². The number of nitrogens with zero attached hydrogens (tertiary/aromatic N) is 1. The van der Waals surface area contributed by atoms with E-state index in [4.69, 9.17) is 15.3 Å². The number of amides is 1. The van der Waals surface area contributed by atoms with Gasteiger partial charge >= 0.3 is 0 Å². The molecule has 3 rings (SSSR count). The fourth-order valence-corrected chi connectivity index (χ4v) is 2.35. The fraction of sp³-hybridized carbons (Fsp3) is 0.100. The number of pyridine rings is 1. The smallest absolute Gasteiger partial charge is 0.268 e. The van der Waals surface area contributed by atoms with E-state index in [-0.39, 0.29) is 24.7 Å². The SMILES string of the molecule is NC(=O)c1cc(=O)c(OCc2ccccc2)cn1OCc1ccccc1. The predicted octanol–water partition coefficient (Wildman–Crippen LogP) is 2.16. The number of hydrogen-bond acceptors (Lipinski definition) is 4. The van der Waals surface area contributed by atoms with Crippen LogP contribution in [-0.4, -0.2) is 10.6 Å². The van der Waals surface area contributed by atoms with Crippen molar-refractivity contribution < 1.29 is 14.4 Å². The molecule has 0 spiro atoms. The number of carbonyl (C=O) groups is 1. The Morgan fingerprint density at radius 1 is 0.923 bits per heavy atom. The second-order valence-electron chi connectivity index (χ2n) is 5.61. The summed E-state index contributed by atoms with van der Waals surface area (Å²) in [6.45, 7) is 0.437. The van der Waals surface area contributed by atoms with Gasteiger partial charge in [0.2, 0.25) is 5.43 Å². The van der Waals surface area contributed by atoms with Crippen molar-refractivity contribution in [2.75, 3.05) is 0 Å². The molecule has 0 unspecified atom stereocenters. The van der Waals surface area contributed by atoms with E-state index in [0.717, 1.165) is 17.2 Å². The minimum absolute atomic E-state index is 0.0435. The van der Waals surface area contributed by atoms with Crippen LogP contribution >= 0.6 is 0 Å². The van der Waals surface area contributed by atoms with E-state index < -0.39 is 11.3 Å². The first-order valence-electron chi connectivity index (χ1n) is 8.04. The highest BCUT2D eigenvalue weighted by Crippen LogP contribution is 2.10. The van der Waals surface area contributed by atoms with E-state index in [9.17, 15) is 9.59 Å². The van der Waals surface area contributed by atoms with E-state index in [1.54, 1.807) is 0 Å². The number of benzene rings is 2. The van der Waals surface area contributed by atoms with Crippen LogP contribution < -0.4 is 20.7 Å². The Hall–Kier alpha value is -3.54. The van der Waals surface area contributed by atoms with Crippen molar-refractivity contribution >= 4 is 5.91 Å². The van der Waals surface area contributed by atoms with Crippen molar-refractivity contribution in [1.82, 2.24) is 4.73 Å². The zero-order valence-corrected chi connectivity index (χ0v) is 14.0. The van der Waals surface area contributed by atoms with Gasteiger partial charge in [0.05, 0.1) is 6.20 Å². The molecule has 0 saturated heterocycles. The summed E-state index contributed by atoms with van der Waals surface area (Å²) in [5.41, 5.74) is 6.70. The molecule has 2 aromatic carbocycles. The highest BCUT2D eigenvalue weighted by atomic mass is 16.7. The molecular formula is C20H18N2O4. The van der Waals surface area contributed by atoms with Crippen LogP contribution in [0.5, 0.6) is 5.75 Å². The van der Waals surface area contributed by atoms with Crippen molar-refractivity contribution in [3.05, 3.63) is 100.0 Å². The molecule has 26 heavy (non-hydrogen) atoms. The molecule has 1 aromatic heterocycles. The van der Waals surface area contributed by atoms with E-state index in [0.29, 0.717) is 0 Å². The van der Waals surface area contributed by atoms with Gasteiger partial charge in [-0.05, 0) is 11.1 Å². The molecule has 0 saturated carbocycles. The third-order valence-corrected chi connectivity index (χ3v) is 3.69. The number of primary amides is 1. The lowest BCUT2D eigenvalue weighted by Crippen LogP contribution is -2.27. The zero-order valence-electron chi connectivity index (χ0n) is 14.0. The highest BCUT2D eigenvalue weighted by Gasteiger charge is 2.13. The van der Waals surface area contributed by atoms with Crippen LogP contribution in [-0.2, 0) is 13.2 Å². The third-order valence-electron chi connectivity index (χ3n) is 3.69. The van der Waals surface area contributed by atoms with Gasteiger partial charge in [-0.1, -0.05) is 60.7 Å². The first-order chi connectivity index (χ1) is 12.6. The molecular weight excluding hydrogens is 332 g/mol. The molecule has 2 N–H and O–H groups in total. The Kier molecular flexibility index (Phi) is 5.34. The fourth-order valence-electron chi connectivity index (χ4n) is 2.35. The predicted molar refractivity (Wildman–Crippen MR) is 96.7 cm³/mol. The number of rotatable bonds is 7. The molecule has 132 valence electrons. The van der Waals surface area contributed by atoms with Crippen LogP contribution in [0.25, 0.3) is 0 Å². The quantitative estimate of drug-likeness (QED) is 0.708. The van der Waals surface area contributed by atoms with Crippen molar-refractivity contribution in [2.45, 2.75) is 13.2 Å². The topological polar surface area (TPSA) is 83.5 Å². The summed E-state index contributed by atoms with van der Waals surface area (Å²) in [5.74, 6) is -0.684. The maximum atomic E-state index is 12.2. The van der Waals surface area contributed by atoms with Gasteiger partial charge in [0.15, 0.2) is 5.75 Å². The van der Waals surface area contributed by atoms with Gasteiger partial charge in [-0.25, -0.2) is 0 Å². The van der Waals surface area contributed by atoms with Crippen LogP contribution in [0.3, 0.4) is 0 Å². The molecule has 0 atom stereocenters. The summed E-state index contributed by atoms with van der Waals surface area (Å²) < 4.78 is 6.76. The minimum atomic E-state index is -0.759. The molecule has 0 radical (unpaired) electrons. The van der Waals surface area contributed by atoms with Gasteiger partial charge in [0.1, 0.15) is 18.9 Å². The third kappa shape index (κ3) is 4.30. The highest BCUT2D eigenvalue weighted by molar-refractivity contribution is 5.90. The summed E-state index contributed by atoms with van der Waals surface area (Å²) in [7, 11) is 0. The van der Waals surface area contributed by atoms with Crippen molar-refractivity contribution in [3.8, 4) is 5.75 Å². The molecule has 0 aliphatic heterocycles. The number of aromatic nitrogens is 1. The van der Waals surface area contributed by atoms with Crippen molar-refractivity contribution in [2.24, 2.45) is 5.73 Å². The van der Waals surface area contributed by atoms with Gasteiger partial charge in [0, 0.05) is 6.07 Å². The maximum absolute atomic E-state index is 12.2. The Balaban J connectivity index is 1.81. The molecule has 6 nitrogen and oxygen atoms in total. The van der Waals surface area contributed by atoms with E-state index >= 15 is 0 Å². The van der Waals surface area contributed by atoms with Gasteiger partial charge in [0.25, 0.3) is 5.91 Å². The van der Waals surface area contributed by atoms with Crippen LogP contribution in [0.15, 0.2) is 77.7 Å². The van der Waals surface area contributed by atoms with Gasteiger partial charge in [-0.15, -0.1) is 0 Å². The summed E-state index contributed by atoms with van der Waals surface area (Å²) in [5, 5.41) is 0. The van der Waals surface area contributed by atoms with E-state index in [1.807, 2.05) is 60.7 Å². The second kappa shape index (κ2) is 8.02. The summed E-state index contributed by atoms with van der Waals surface area (Å²) >= 11 is 0. The molecule has 0 aliphatic rings. The Morgan fingerprint density at radius 3 is 2.08 bits per heavy atom. The Morgan fingerprint density at radius 2 is 1.50 bits per heavy atom. The Labute approximate surface area is 150 Å². The lowest BCUT2D eigenvalue weighted by molar-refractivity contribution is 0.0762. The Bertz CT molecular complexity index is 937. The average Bonchev–Trinajstić information content (AvgIpc) is 2.67. The van der Waals surface area contributed by atoms with Crippen LogP contribution in [0.4, 0.5) is 0 Å². The molecule has 3 aromatic rings. The second-order valence-corrected chi connectivity index (χ2v) is 5.61. The monoisotopic (exact) mass is 350 g/mol. The minimum Gasteiger partial charge on any atom is -0.483 e. The number of ether oxygens (including phenoxy) is 1. The lowest BCUT2D eigenvalue weighted by Gasteiger charge is -2.14. The molecule has 0 fully saturated rings. The molecule has 1 heterocycles. The summed E-state index contributed by atoms with van der Waals surface area (Å²) in [4.78, 5) is 29.4. The molecule has 6 heteroatoms. The first-order valence-corrected chi connectivity index (χ1v) is 8.04. The van der Waals surface area contributed by atoms with Gasteiger partial charge in [-0.2, -0.15) is 4.73 Å². The molecule has 0 bridgehead atoms. The largest absolute Gasteiger partial charge is 0.483 e. The van der Waals surface area contributed by atoms with Gasteiger partial charge < -0.3 is 15.3 Å². The number of hydrogen-bond donors (Lipinski definition) is 1. The first kappa shape index (κ1) is 17.3. The molecule has 1 amide bonds. The van der Waals surface area contributed by atoms with Gasteiger partial charge in [-0.3, -0.25) is 9.59 Å². The van der Waals surface area contributed by atoms with Crippen LogP contribution in [0.2, 0.25) is 0 Å². The summed E-state index contributed by atoms with van der Waals surface area (Å²) in [6, 6.07) is 20.0.